The standard InChI is InChI=1S/C27H25F3N4O5.Na.H/c28-27(29,30)39-24-12-7-20(8-13-24)9-14-25-31-22(18-38-25)17-37-23-10-5-19(6-11-23)3-1-2-4-21-15-34(33-32-21)16-26(35)36;;/h5-15,18H,1-4,16-17H2,(H,35,36);;/b14-9+;;. The van der Waals surface area contributed by atoms with Gasteiger partial charge >= 0.3 is 41.9 Å². The summed E-state index contributed by atoms with van der Waals surface area (Å²) in [5.41, 5.74) is 3.20. The normalized spacial score (nSPS) is 11.4. The fraction of sp³-hybridized carbons (Fsp3) is 0.259. The summed E-state index contributed by atoms with van der Waals surface area (Å²) in [6.07, 6.45) is 5.17. The van der Waals surface area contributed by atoms with Crippen LogP contribution in [0, 0.1) is 0 Å². The van der Waals surface area contributed by atoms with Crippen molar-refractivity contribution in [2.45, 2.75) is 45.2 Å². The van der Waals surface area contributed by atoms with E-state index in [2.05, 4.69) is 20.0 Å². The molecule has 0 saturated carbocycles. The van der Waals surface area contributed by atoms with Gasteiger partial charge in [0.15, 0.2) is 0 Å². The van der Waals surface area contributed by atoms with Gasteiger partial charge in [0, 0.05) is 12.3 Å². The number of hydrogen-bond donors (Lipinski definition) is 1. The number of carbonyl (C=O) groups is 1. The Bertz CT molecular complexity index is 1390. The van der Waals surface area contributed by atoms with E-state index in [1.807, 2.05) is 24.3 Å². The summed E-state index contributed by atoms with van der Waals surface area (Å²) in [7, 11) is 0. The molecule has 1 N–H and O–H groups in total. The second-order valence-electron chi connectivity index (χ2n) is 8.57. The summed E-state index contributed by atoms with van der Waals surface area (Å²) >= 11 is 0. The summed E-state index contributed by atoms with van der Waals surface area (Å²) in [6.45, 7) is 0.0176. The Morgan fingerprint density at radius 2 is 1.68 bits per heavy atom. The van der Waals surface area contributed by atoms with Crippen LogP contribution in [0.1, 0.15) is 41.2 Å². The molecule has 0 fully saturated rings. The number of ether oxygens (including phenoxy) is 2. The number of unbranched alkanes of at least 4 members (excludes halogenated alkanes) is 1. The molecule has 0 aliphatic carbocycles. The zero-order valence-corrected chi connectivity index (χ0v) is 20.7. The van der Waals surface area contributed by atoms with E-state index in [1.54, 1.807) is 18.3 Å². The maximum absolute atomic E-state index is 12.3. The number of aromatic nitrogens is 4. The van der Waals surface area contributed by atoms with Gasteiger partial charge in [0.05, 0.1) is 5.69 Å². The van der Waals surface area contributed by atoms with Crippen molar-refractivity contribution in [2.24, 2.45) is 0 Å². The van der Waals surface area contributed by atoms with Crippen molar-refractivity contribution >= 4 is 47.7 Å². The van der Waals surface area contributed by atoms with E-state index in [1.165, 1.54) is 40.8 Å². The molecule has 0 atom stereocenters. The fourth-order valence-corrected chi connectivity index (χ4v) is 3.63. The summed E-state index contributed by atoms with van der Waals surface area (Å²) in [5, 5.41) is 16.6. The molecule has 0 aliphatic rings. The van der Waals surface area contributed by atoms with Crippen molar-refractivity contribution in [3.05, 3.63) is 89.4 Å². The molecule has 0 saturated heterocycles. The Morgan fingerprint density at radius 3 is 2.38 bits per heavy atom. The van der Waals surface area contributed by atoms with Crippen LogP contribution in [-0.2, 0) is 30.8 Å². The number of hydrogen-bond acceptors (Lipinski definition) is 7. The first-order valence-electron chi connectivity index (χ1n) is 12.0. The van der Waals surface area contributed by atoms with E-state index >= 15 is 0 Å². The first kappa shape index (κ1) is 30.9. The van der Waals surface area contributed by atoms with Crippen molar-refractivity contribution in [3.63, 3.8) is 0 Å². The predicted octanol–water partition coefficient (Wildman–Crippen LogP) is 4.92. The third-order valence-electron chi connectivity index (χ3n) is 5.44. The Morgan fingerprint density at radius 1 is 0.975 bits per heavy atom. The van der Waals surface area contributed by atoms with Crippen LogP contribution in [-0.4, -0.2) is 67.0 Å². The zero-order valence-electron chi connectivity index (χ0n) is 20.7. The number of nitrogens with zero attached hydrogens (tertiary/aromatic N) is 4. The van der Waals surface area contributed by atoms with Crippen LogP contribution >= 0.6 is 0 Å². The molecule has 0 aliphatic heterocycles. The molecule has 2 aromatic carbocycles. The Labute approximate surface area is 249 Å². The predicted molar refractivity (Wildman–Crippen MR) is 141 cm³/mol. The SMILES string of the molecule is O=C(O)Cn1cc(CCCCc2ccc(OCc3coc(/C=C/c4ccc(OC(F)(F)F)cc4)n3)cc2)nn1.[NaH]. The monoisotopic (exact) mass is 566 g/mol. The van der Waals surface area contributed by atoms with E-state index in [0.29, 0.717) is 22.9 Å². The topological polar surface area (TPSA) is 112 Å². The first-order chi connectivity index (χ1) is 18.7. The molecule has 40 heavy (non-hydrogen) atoms. The van der Waals surface area contributed by atoms with Gasteiger partial charge in [-0.25, -0.2) is 9.67 Å². The third-order valence-corrected chi connectivity index (χ3v) is 5.44. The number of aryl methyl sites for hydroxylation is 2. The Kier molecular flexibility index (Phi) is 11.4. The van der Waals surface area contributed by atoms with Gasteiger partial charge < -0.3 is 19.0 Å². The molecule has 0 bridgehead atoms. The molecule has 2 aromatic heterocycles. The number of benzene rings is 2. The van der Waals surface area contributed by atoms with E-state index in [0.717, 1.165) is 31.4 Å². The van der Waals surface area contributed by atoms with Crippen LogP contribution in [0.25, 0.3) is 12.2 Å². The van der Waals surface area contributed by atoms with Crippen molar-refractivity contribution in [1.29, 1.82) is 0 Å². The van der Waals surface area contributed by atoms with Gasteiger partial charge in [-0.05, 0) is 67.2 Å². The van der Waals surface area contributed by atoms with Crippen LogP contribution in [0.15, 0.2) is 65.4 Å². The van der Waals surface area contributed by atoms with Crippen LogP contribution < -0.4 is 9.47 Å². The molecule has 4 aromatic rings. The molecule has 4 rings (SSSR count). The summed E-state index contributed by atoms with van der Waals surface area (Å²) in [6, 6.07) is 13.2. The number of carboxylic acid groups (broad SMARTS) is 1. The van der Waals surface area contributed by atoms with Gasteiger partial charge in [-0.3, -0.25) is 4.79 Å². The molecule has 2 heterocycles. The molecule has 0 unspecified atom stereocenters. The second kappa shape index (κ2) is 14.7. The Balaban J connectivity index is 0.00000441. The van der Waals surface area contributed by atoms with E-state index in [4.69, 9.17) is 14.3 Å². The number of carboxylic acids is 1. The van der Waals surface area contributed by atoms with E-state index < -0.39 is 12.3 Å². The Hall–Kier alpha value is -3.61. The average molecular weight is 567 g/mol. The summed E-state index contributed by atoms with van der Waals surface area (Å²) in [4.78, 5) is 15.0. The number of alkyl halides is 3. The summed E-state index contributed by atoms with van der Waals surface area (Å²) < 4.78 is 53.1. The minimum atomic E-state index is -4.73. The number of oxazole rings is 1. The van der Waals surface area contributed by atoms with Crippen LogP contribution in [0.5, 0.6) is 11.5 Å². The molecular formula is C27H26F3N4NaO5. The number of halogens is 3. The van der Waals surface area contributed by atoms with Crippen molar-refractivity contribution < 1.29 is 37.0 Å². The van der Waals surface area contributed by atoms with Gasteiger partial charge in [0.2, 0.25) is 5.89 Å². The summed E-state index contributed by atoms with van der Waals surface area (Å²) in [5.74, 6) is -0.217. The fourth-order valence-electron chi connectivity index (χ4n) is 3.63. The zero-order chi connectivity index (χ0) is 27.7. The van der Waals surface area contributed by atoms with Crippen molar-refractivity contribution in [3.8, 4) is 11.5 Å². The van der Waals surface area contributed by atoms with Gasteiger partial charge in [0.1, 0.15) is 36.6 Å². The van der Waals surface area contributed by atoms with Crippen LogP contribution in [0.4, 0.5) is 13.2 Å². The van der Waals surface area contributed by atoms with Gasteiger partial charge in [-0.1, -0.05) is 29.5 Å². The average Bonchev–Trinajstić information content (AvgIpc) is 3.54. The molecule has 13 heteroatoms. The van der Waals surface area contributed by atoms with Crippen LogP contribution in [0.2, 0.25) is 0 Å². The minimum absolute atomic E-state index is 0. The first-order valence-corrected chi connectivity index (χ1v) is 12.0. The molecule has 206 valence electrons. The van der Waals surface area contributed by atoms with Gasteiger partial charge in [-0.15, -0.1) is 18.3 Å². The van der Waals surface area contributed by atoms with Crippen molar-refractivity contribution in [1.82, 2.24) is 20.0 Å². The molecule has 0 amide bonds. The molecule has 9 nitrogen and oxygen atoms in total. The molecule has 0 radical (unpaired) electrons. The van der Waals surface area contributed by atoms with Gasteiger partial charge in [-0.2, -0.15) is 0 Å². The maximum atomic E-state index is 12.3. The van der Waals surface area contributed by atoms with Crippen molar-refractivity contribution in [2.75, 3.05) is 0 Å². The second-order valence-corrected chi connectivity index (χ2v) is 8.57. The third kappa shape index (κ3) is 10.5. The van der Waals surface area contributed by atoms with Gasteiger partial charge in [0.25, 0.3) is 0 Å². The number of rotatable bonds is 13. The van der Waals surface area contributed by atoms with E-state index in [9.17, 15) is 18.0 Å². The molecular weight excluding hydrogens is 540 g/mol. The molecule has 0 spiro atoms. The van der Waals surface area contributed by atoms with Crippen LogP contribution in [0.3, 0.4) is 0 Å². The van der Waals surface area contributed by atoms with E-state index in [-0.39, 0.29) is 48.5 Å². The number of aliphatic carboxylic acids is 1. The quantitative estimate of drug-likeness (QED) is 0.179.